The van der Waals surface area contributed by atoms with Gasteiger partial charge in [-0.2, -0.15) is 0 Å². The van der Waals surface area contributed by atoms with Crippen molar-refractivity contribution in [3.05, 3.63) is 33.9 Å². The highest BCUT2D eigenvalue weighted by atomic mass is 16.6. The van der Waals surface area contributed by atoms with Crippen molar-refractivity contribution in [1.29, 1.82) is 0 Å². The van der Waals surface area contributed by atoms with Gasteiger partial charge >= 0.3 is 5.69 Å². The number of rotatable bonds is 2. The molecule has 0 aliphatic carbocycles. The van der Waals surface area contributed by atoms with Gasteiger partial charge in [-0.05, 0) is 31.5 Å². The molecule has 0 amide bonds. The molecule has 0 saturated carbocycles. The molecule has 1 aromatic carbocycles. The average molecular weight is 286 g/mol. The molecule has 1 rings (SSSR count). The van der Waals surface area contributed by atoms with E-state index in [1.807, 2.05) is 13.8 Å². The van der Waals surface area contributed by atoms with E-state index in [0.717, 1.165) is 18.5 Å². The van der Waals surface area contributed by atoms with E-state index in [-0.39, 0.29) is 11.4 Å². The van der Waals surface area contributed by atoms with Crippen LogP contribution in [-0.4, -0.2) is 16.6 Å². The van der Waals surface area contributed by atoms with Gasteiger partial charge in [-0.1, -0.05) is 47.1 Å². The smallest absolute Gasteiger partial charge is 0.310 e. The Morgan fingerprint density at radius 1 is 1.25 bits per heavy atom. The molecule has 118 valence electrons. The maximum absolute atomic E-state index is 10.2. The molecule has 0 atom stereocenters. The number of phenolic OH excluding ortho intramolecular Hbond substituents is 1. The van der Waals surface area contributed by atoms with Crippen LogP contribution >= 0.6 is 0 Å². The molecule has 0 fully saturated rings. The number of aromatic hydroxyl groups is 1. The average Bonchev–Trinajstić information content (AvgIpc) is 2.44. The minimum atomic E-state index is -0.609. The Labute approximate surface area is 123 Å². The summed E-state index contributed by atoms with van der Waals surface area (Å²) in [7, 11) is 0. The van der Waals surface area contributed by atoms with Gasteiger partial charge in [0.1, 0.15) is 0 Å². The van der Waals surface area contributed by atoms with Gasteiger partial charge < -0.3 is 10.8 Å². The minimum absolute atomic E-state index is 0.245. The summed E-state index contributed by atoms with van der Waals surface area (Å²) in [6.07, 6.45) is 2.35. The first kappa shape index (κ1) is 23.5. The van der Waals surface area contributed by atoms with Crippen molar-refractivity contribution in [3.63, 3.8) is 0 Å². The summed E-state index contributed by atoms with van der Waals surface area (Å²) in [6, 6.07) is 4.26. The minimum Gasteiger partial charge on any atom is -0.502 e. The van der Waals surface area contributed by atoms with Crippen LogP contribution < -0.4 is 5.73 Å². The van der Waals surface area contributed by atoms with E-state index in [0.29, 0.717) is 0 Å². The number of phenols is 1. The summed E-state index contributed by atoms with van der Waals surface area (Å²) >= 11 is 0. The van der Waals surface area contributed by atoms with E-state index in [2.05, 4.69) is 20.8 Å². The van der Waals surface area contributed by atoms with Gasteiger partial charge in [0.2, 0.25) is 0 Å². The second-order valence-corrected chi connectivity index (χ2v) is 3.75. The second-order valence-electron chi connectivity index (χ2n) is 3.75. The number of nitrogens with zero attached hydrogens (tertiary/aromatic N) is 1. The van der Waals surface area contributed by atoms with Crippen molar-refractivity contribution in [2.75, 3.05) is 6.54 Å². The van der Waals surface area contributed by atoms with Crippen LogP contribution in [0.15, 0.2) is 18.2 Å². The normalized spacial score (nSPS) is 7.95. The van der Waals surface area contributed by atoms with Crippen molar-refractivity contribution < 1.29 is 10.0 Å². The molecule has 0 spiro atoms. The molecule has 1 aromatic rings. The molecule has 0 aliphatic heterocycles. The summed E-state index contributed by atoms with van der Waals surface area (Å²) in [5.41, 5.74) is 5.54. The molecule has 0 heterocycles. The molecule has 0 radical (unpaired) electrons. The molecule has 5 nitrogen and oxygen atoms in total. The van der Waals surface area contributed by atoms with Crippen LogP contribution in [-0.2, 0) is 0 Å². The lowest BCUT2D eigenvalue weighted by molar-refractivity contribution is -0.385. The zero-order valence-electron chi connectivity index (χ0n) is 13.6. The molecular formula is C15H30N2O3. The summed E-state index contributed by atoms with van der Waals surface area (Å²) < 4.78 is 0. The number of nitrogens with two attached hydrogens (primary N) is 1. The first-order valence-corrected chi connectivity index (χ1v) is 7.08. The highest BCUT2D eigenvalue weighted by Gasteiger charge is 2.11. The van der Waals surface area contributed by atoms with Crippen LogP contribution in [0, 0.1) is 17.0 Å². The standard InChI is InChI=1S/C7H7NO3.C3H9N.C3H8.C2H6/c1-5-2-3-7(9)6(4-5)8(10)11;1-2-3-4;1-3-2;1-2/h2-4,9H,1H3;2-4H2,1H3;3H2,1-2H3;1-2H3. The predicted octanol–water partition coefficient (Wildman–Crippen LogP) is 4.41. The number of nitro groups is 1. The van der Waals surface area contributed by atoms with Crippen LogP contribution in [0.2, 0.25) is 0 Å². The lowest BCUT2D eigenvalue weighted by Crippen LogP contribution is -1.93. The Balaban J connectivity index is -0.000000269. The van der Waals surface area contributed by atoms with Gasteiger partial charge in [-0.3, -0.25) is 10.1 Å². The molecule has 0 saturated heterocycles. The molecule has 20 heavy (non-hydrogen) atoms. The molecular weight excluding hydrogens is 256 g/mol. The first-order valence-electron chi connectivity index (χ1n) is 7.08. The van der Waals surface area contributed by atoms with Crippen molar-refractivity contribution in [2.24, 2.45) is 5.73 Å². The highest BCUT2D eigenvalue weighted by molar-refractivity contribution is 5.47. The summed E-state index contributed by atoms with van der Waals surface area (Å²) in [6.45, 7) is 12.9. The first-order chi connectivity index (χ1) is 9.44. The number of benzene rings is 1. The Hall–Kier alpha value is -1.62. The monoisotopic (exact) mass is 286 g/mol. The zero-order valence-corrected chi connectivity index (χ0v) is 13.6. The Morgan fingerprint density at radius 2 is 1.65 bits per heavy atom. The fraction of sp³-hybridized carbons (Fsp3) is 0.600. The van der Waals surface area contributed by atoms with E-state index < -0.39 is 4.92 Å². The number of hydrogen-bond donors (Lipinski definition) is 2. The van der Waals surface area contributed by atoms with Crippen LogP contribution in [0.4, 0.5) is 5.69 Å². The van der Waals surface area contributed by atoms with E-state index in [1.165, 1.54) is 18.6 Å². The van der Waals surface area contributed by atoms with Gasteiger partial charge in [-0.25, -0.2) is 0 Å². The van der Waals surface area contributed by atoms with E-state index in [1.54, 1.807) is 13.0 Å². The van der Waals surface area contributed by atoms with Crippen molar-refractivity contribution in [3.8, 4) is 5.75 Å². The Bertz CT molecular complexity index is 340. The molecule has 5 heteroatoms. The van der Waals surface area contributed by atoms with Gasteiger partial charge in [0, 0.05) is 6.07 Å². The topological polar surface area (TPSA) is 89.4 Å². The summed E-state index contributed by atoms with van der Waals surface area (Å²) in [4.78, 5) is 9.61. The predicted molar refractivity (Wildman–Crippen MR) is 86.2 cm³/mol. The third-order valence-corrected chi connectivity index (χ3v) is 1.62. The van der Waals surface area contributed by atoms with Crippen LogP contribution in [0.1, 0.15) is 53.0 Å². The van der Waals surface area contributed by atoms with Crippen molar-refractivity contribution in [2.45, 2.75) is 54.4 Å². The lowest BCUT2D eigenvalue weighted by atomic mass is 10.2. The number of hydrogen-bond acceptors (Lipinski definition) is 4. The van der Waals surface area contributed by atoms with Crippen LogP contribution in [0.5, 0.6) is 5.75 Å². The zero-order chi connectivity index (χ0) is 16.6. The molecule has 0 aromatic heterocycles. The summed E-state index contributed by atoms with van der Waals surface area (Å²) in [5.74, 6) is -0.291. The van der Waals surface area contributed by atoms with E-state index in [4.69, 9.17) is 10.8 Å². The third kappa shape index (κ3) is 14.4. The molecule has 3 N–H and O–H groups in total. The Morgan fingerprint density at radius 3 is 1.90 bits per heavy atom. The quantitative estimate of drug-likeness (QED) is 0.622. The van der Waals surface area contributed by atoms with E-state index >= 15 is 0 Å². The third-order valence-electron chi connectivity index (χ3n) is 1.62. The number of aryl methyl sites for hydroxylation is 1. The lowest BCUT2D eigenvalue weighted by Gasteiger charge is -1.95. The summed E-state index contributed by atoms with van der Waals surface area (Å²) in [5, 5.41) is 19.2. The Kier molecular flexibility index (Phi) is 20.4. The highest BCUT2D eigenvalue weighted by Crippen LogP contribution is 2.25. The van der Waals surface area contributed by atoms with Crippen molar-refractivity contribution >= 4 is 5.69 Å². The van der Waals surface area contributed by atoms with Gasteiger partial charge in [0.25, 0.3) is 0 Å². The molecule has 0 bridgehead atoms. The fourth-order valence-electron chi connectivity index (χ4n) is 0.780. The SMILES string of the molecule is CC.CCC.CCCN.Cc1ccc(O)c([N+](=O)[O-])c1. The molecule has 0 unspecified atom stereocenters. The number of nitro benzene ring substituents is 1. The maximum atomic E-state index is 10.2. The van der Waals surface area contributed by atoms with Gasteiger partial charge in [0.15, 0.2) is 5.75 Å². The van der Waals surface area contributed by atoms with Crippen LogP contribution in [0.25, 0.3) is 0 Å². The fourth-order valence-corrected chi connectivity index (χ4v) is 0.780. The largest absolute Gasteiger partial charge is 0.502 e. The van der Waals surface area contributed by atoms with Gasteiger partial charge in [-0.15, -0.1) is 0 Å². The van der Waals surface area contributed by atoms with E-state index in [9.17, 15) is 10.1 Å². The van der Waals surface area contributed by atoms with Crippen LogP contribution in [0.3, 0.4) is 0 Å². The second kappa shape index (κ2) is 17.4. The van der Waals surface area contributed by atoms with Crippen molar-refractivity contribution in [1.82, 2.24) is 0 Å². The van der Waals surface area contributed by atoms with Gasteiger partial charge in [0.05, 0.1) is 4.92 Å². The molecule has 0 aliphatic rings. The maximum Gasteiger partial charge on any atom is 0.310 e.